The van der Waals surface area contributed by atoms with Gasteiger partial charge in [0.25, 0.3) is 11.8 Å². The molecule has 1 fully saturated rings. The Bertz CT molecular complexity index is 807. The van der Waals surface area contributed by atoms with Gasteiger partial charge in [0.15, 0.2) is 6.54 Å². The number of benzene rings is 2. The zero-order chi connectivity index (χ0) is 19.2. The van der Waals surface area contributed by atoms with Crippen LogP contribution in [0.3, 0.4) is 0 Å². The van der Waals surface area contributed by atoms with Crippen LogP contribution in [0.5, 0.6) is 0 Å². The third kappa shape index (κ3) is 5.31. The van der Waals surface area contributed by atoms with Gasteiger partial charge in [-0.25, -0.2) is 0 Å². The summed E-state index contributed by atoms with van der Waals surface area (Å²) in [6.07, 6.45) is 3.55. The lowest BCUT2D eigenvalue weighted by Crippen LogP contribution is -3.17. The van der Waals surface area contributed by atoms with E-state index >= 15 is 0 Å². The summed E-state index contributed by atoms with van der Waals surface area (Å²) in [6, 6.07) is 14.5. The van der Waals surface area contributed by atoms with Crippen molar-refractivity contribution in [1.82, 2.24) is 0 Å². The maximum absolute atomic E-state index is 12.6. The number of halogens is 1. The summed E-state index contributed by atoms with van der Waals surface area (Å²) in [5.74, 6) is -0.336. The van der Waals surface area contributed by atoms with Gasteiger partial charge in [-0.05, 0) is 62.6 Å². The van der Waals surface area contributed by atoms with Gasteiger partial charge in [0, 0.05) is 10.7 Å². The number of quaternary nitrogens is 1. The highest BCUT2D eigenvalue weighted by atomic mass is 35.5. The highest BCUT2D eigenvalue weighted by Gasteiger charge is 2.24. The Morgan fingerprint density at radius 1 is 1.07 bits per heavy atom. The molecule has 3 N–H and O–H groups in total. The summed E-state index contributed by atoms with van der Waals surface area (Å²) in [7, 11) is 0. The van der Waals surface area contributed by atoms with Crippen molar-refractivity contribution in [2.45, 2.75) is 32.2 Å². The average molecular weight is 387 g/mol. The van der Waals surface area contributed by atoms with Crippen LogP contribution in [-0.4, -0.2) is 30.9 Å². The number of amides is 2. The first-order valence-corrected chi connectivity index (χ1v) is 9.71. The number of rotatable bonds is 5. The summed E-state index contributed by atoms with van der Waals surface area (Å²) in [5, 5.41) is 6.35. The molecule has 1 saturated heterocycles. The van der Waals surface area contributed by atoms with E-state index in [1.165, 1.54) is 11.3 Å². The van der Waals surface area contributed by atoms with E-state index in [4.69, 9.17) is 11.6 Å². The maximum Gasteiger partial charge on any atom is 0.279 e. The van der Waals surface area contributed by atoms with Crippen LogP contribution in [0.4, 0.5) is 11.4 Å². The highest BCUT2D eigenvalue weighted by Crippen LogP contribution is 2.19. The number of likely N-dealkylation sites (tertiary alicyclic amines) is 1. The van der Waals surface area contributed by atoms with Crippen molar-refractivity contribution in [3.63, 3.8) is 0 Å². The number of nitrogens with one attached hydrogen (secondary N) is 3. The Labute approximate surface area is 164 Å². The van der Waals surface area contributed by atoms with Gasteiger partial charge < -0.3 is 15.5 Å². The van der Waals surface area contributed by atoms with Crippen LogP contribution in [0, 0.1) is 0 Å². The molecule has 3 rings (SSSR count). The first kappa shape index (κ1) is 19.4. The highest BCUT2D eigenvalue weighted by molar-refractivity contribution is 6.30. The summed E-state index contributed by atoms with van der Waals surface area (Å²) in [4.78, 5) is 26.5. The van der Waals surface area contributed by atoms with E-state index in [2.05, 4.69) is 17.6 Å². The van der Waals surface area contributed by atoms with Crippen molar-refractivity contribution in [2.75, 3.05) is 23.7 Å². The molecular weight excluding hydrogens is 362 g/mol. The molecule has 1 heterocycles. The smallest absolute Gasteiger partial charge is 0.279 e. The van der Waals surface area contributed by atoms with E-state index in [1.807, 2.05) is 6.07 Å². The van der Waals surface area contributed by atoms with E-state index < -0.39 is 0 Å². The molecule has 6 heteroatoms. The first-order valence-electron chi connectivity index (χ1n) is 9.33. The Balaban J connectivity index is 1.66. The quantitative estimate of drug-likeness (QED) is 0.739. The van der Waals surface area contributed by atoms with E-state index in [1.54, 1.807) is 42.5 Å². The molecule has 1 aliphatic rings. The van der Waals surface area contributed by atoms with E-state index in [0.717, 1.165) is 19.4 Å². The van der Waals surface area contributed by atoms with Gasteiger partial charge in [-0.2, -0.15) is 0 Å². The lowest BCUT2D eigenvalue weighted by Gasteiger charge is -2.29. The monoisotopic (exact) mass is 386 g/mol. The van der Waals surface area contributed by atoms with Crippen LogP contribution in [0.2, 0.25) is 5.02 Å². The lowest BCUT2D eigenvalue weighted by molar-refractivity contribution is -0.920. The zero-order valence-corrected chi connectivity index (χ0v) is 16.2. The molecule has 142 valence electrons. The normalized spacial score (nSPS) is 19.3. The molecule has 0 radical (unpaired) electrons. The largest absolute Gasteiger partial charge is 0.325 e. The van der Waals surface area contributed by atoms with Gasteiger partial charge in [0.2, 0.25) is 0 Å². The van der Waals surface area contributed by atoms with Crippen molar-refractivity contribution in [3.05, 3.63) is 59.1 Å². The number of hydrogen-bond acceptors (Lipinski definition) is 2. The Morgan fingerprint density at radius 2 is 1.81 bits per heavy atom. The molecule has 1 unspecified atom stereocenters. The summed E-state index contributed by atoms with van der Waals surface area (Å²) < 4.78 is 0. The topological polar surface area (TPSA) is 62.6 Å². The molecule has 1 aliphatic heterocycles. The Hall–Kier alpha value is -2.37. The summed E-state index contributed by atoms with van der Waals surface area (Å²) in [5.41, 5.74) is 1.61. The molecule has 0 spiro atoms. The molecule has 0 saturated carbocycles. The van der Waals surface area contributed by atoms with Gasteiger partial charge in [0.05, 0.1) is 23.8 Å². The van der Waals surface area contributed by atoms with Crippen LogP contribution in [0.25, 0.3) is 0 Å². The fraction of sp³-hybridized carbons (Fsp3) is 0.333. The van der Waals surface area contributed by atoms with E-state index in [-0.39, 0.29) is 11.8 Å². The summed E-state index contributed by atoms with van der Waals surface area (Å²) in [6.45, 7) is 3.64. The predicted octanol–water partition coefficient (Wildman–Crippen LogP) is 2.99. The molecular formula is C21H25ClN3O2+. The van der Waals surface area contributed by atoms with E-state index in [9.17, 15) is 9.59 Å². The van der Waals surface area contributed by atoms with Crippen molar-refractivity contribution in [2.24, 2.45) is 0 Å². The molecule has 5 nitrogen and oxygen atoms in total. The van der Waals surface area contributed by atoms with Gasteiger partial charge in [0.1, 0.15) is 0 Å². The van der Waals surface area contributed by atoms with Crippen LogP contribution in [0.15, 0.2) is 48.5 Å². The lowest BCUT2D eigenvalue weighted by atomic mass is 10.0. The second kappa shape index (κ2) is 9.02. The Morgan fingerprint density at radius 3 is 2.56 bits per heavy atom. The van der Waals surface area contributed by atoms with Crippen LogP contribution in [0.1, 0.15) is 36.5 Å². The number of anilines is 2. The SMILES string of the molecule is C[C@H]1CCCC[NH+]1CC(=O)Nc1ccccc1C(=O)Nc1ccc(Cl)cc1. The fourth-order valence-electron chi connectivity index (χ4n) is 3.44. The molecule has 0 aliphatic carbocycles. The minimum atomic E-state index is -0.271. The third-order valence-electron chi connectivity index (χ3n) is 5.02. The van der Waals surface area contributed by atoms with Crippen molar-refractivity contribution in [3.8, 4) is 0 Å². The third-order valence-corrected chi connectivity index (χ3v) is 5.27. The predicted molar refractivity (Wildman–Crippen MR) is 108 cm³/mol. The molecule has 27 heavy (non-hydrogen) atoms. The number of carbonyl (C=O) groups excluding carboxylic acids is 2. The zero-order valence-electron chi connectivity index (χ0n) is 15.4. The fourth-order valence-corrected chi connectivity index (χ4v) is 3.56. The van der Waals surface area contributed by atoms with Crippen molar-refractivity contribution < 1.29 is 14.5 Å². The molecule has 2 amide bonds. The molecule has 0 aromatic heterocycles. The number of carbonyl (C=O) groups is 2. The van der Waals surface area contributed by atoms with Gasteiger partial charge in [-0.3, -0.25) is 9.59 Å². The summed E-state index contributed by atoms with van der Waals surface area (Å²) >= 11 is 5.88. The minimum absolute atomic E-state index is 0.0644. The Kier molecular flexibility index (Phi) is 6.48. The average Bonchev–Trinajstić information content (AvgIpc) is 2.66. The van der Waals surface area contributed by atoms with Crippen LogP contribution >= 0.6 is 11.6 Å². The van der Waals surface area contributed by atoms with Gasteiger partial charge >= 0.3 is 0 Å². The minimum Gasteiger partial charge on any atom is -0.325 e. The maximum atomic E-state index is 12.6. The van der Waals surface area contributed by atoms with Gasteiger partial charge in [-0.1, -0.05) is 23.7 Å². The van der Waals surface area contributed by atoms with Gasteiger partial charge in [-0.15, -0.1) is 0 Å². The molecule has 2 atom stereocenters. The standard InChI is InChI=1S/C21H24ClN3O2/c1-15-6-4-5-13-25(15)14-20(26)24-19-8-3-2-7-18(19)21(27)23-17-11-9-16(22)10-12-17/h2-3,7-12,15H,4-6,13-14H2,1H3,(H,23,27)(H,24,26)/p+1/t15-/m0/s1. The molecule has 2 aromatic rings. The molecule has 0 bridgehead atoms. The number of para-hydroxylation sites is 1. The van der Waals surface area contributed by atoms with Crippen molar-refractivity contribution >= 4 is 34.8 Å². The number of piperidine rings is 1. The van der Waals surface area contributed by atoms with Crippen molar-refractivity contribution in [1.29, 1.82) is 0 Å². The number of hydrogen-bond donors (Lipinski definition) is 3. The second-order valence-electron chi connectivity index (χ2n) is 7.04. The van der Waals surface area contributed by atoms with Crippen LogP contribution in [-0.2, 0) is 4.79 Å². The second-order valence-corrected chi connectivity index (χ2v) is 7.47. The first-order chi connectivity index (χ1) is 13.0. The van der Waals surface area contributed by atoms with Crippen LogP contribution < -0.4 is 15.5 Å². The van der Waals surface area contributed by atoms with E-state index in [0.29, 0.717) is 34.5 Å². The molecule has 2 aromatic carbocycles.